The summed E-state index contributed by atoms with van der Waals surface area (Å²) in [5.74, 6) is -0.330. The molecule has 0 spiro atoms. The molecule has 0 aliphatic carbocycles. The van der Waals surface area contributed by atoms with Crippen molar-refractivity contribution >= 4 is 29.3 Å². The molecular weight excluding hydrogens is 424 g/mol. The second kappa shape index (κ2) is 11.3. The van der Waals surface area contributed by atoms with Gasteiger partial charge in [-0.3, -0.25) is 14.5 Å². The number of carbonyl (C=O) groups excluding carboxylic acids is 2. The first-order valence-electron chi connectivity index (χ1n) is 11.5. The summed E-state index contributed by atoms with van der Waals surface area (Å²) in [5.41, 5.74) is 4.72. The summed E-state index contributed by atoms with van der Waals surface area (Å²) in [5, 5.41) is 5.49. The van der Waals surface area contributed by atoms with Crippen LogP contribution >= 0.6 is 0 Å². The Balaban J connectivity index is 1.25. The monoisotopic (exact) mass is 454 g/mol. The van der Waals surface area contributed by atoms with Crippen LogP contribution in [0.15, 0.2) is 84.9 Å². The fourth-order valence-electron chi connectivity index (χ4n) is 4.01. The standard InChI is InChI=1S/C28H30N4O2/c1-29-28(34)24-10-7-22(8-11-24)9-16-27(33)30-25-12-14-26(15-13-25)32-19-17-31(18-20-32)21-23-5-3-2-4-6-23/h2-16H,17-21H2,1H3,(H,29,34)(H,30,33)/b16-9+. The van der Waals surface area contributed by atoms with Gasteiger partial charge in [-0.25, -0.2) is 0 Å². The fourth-order valence-corrected chi connectivity index (χ4v) is 4.01. The van der Waals surface area contributed by atoms with E-state index in [0.29, 0.717) is 5.56 Å². The third kappa shape index (κ3) is 6.33. The topological polar surface area (TPSA) is 64.7 Å². The molecule has 0 radical (unpaired) electrons. The van der Waals surface area contributed by atoms with E-state index >= 15 is 0 Å². The van der Waals surface area contributed by atoms with Crippen molar-refractivity contribution in [3.63, 3.8) is 0 Å². The van der Waals surface area contributed by atoms with E-state index in [1.165, 1.54) is 17.3 Å². The van der Waals surface area contributed by atoms with Crippen LogP contribution in [0.25, 0.3) is 6.08 Å². The van der Waals surface area contributed by atoms with Gasteiger partial charge in [0.1, 0.15) is 0 Å². The molecule has 3 aromatic rings. The molecule has 3 aromatic carbocycles. The summed E-state index contributed by atoms with van der Waals surface area (Å²) in [4.78, 5) is 28.8. The molecule has 6 nitrogen and oxygen atoms in total. The second-order valence-electron chi connectivity index (χ2n) is 8.32. The SMILES string of the molecule is CNC(=O)c1ccc(/C=C/C(=O)Nc2ccc(N3CCN(Cc4ccccc4)CC3)cc2)cc1. The zero-order valence-corrected chi connectivity index (χ0v) is 19.4. The number of rotatable bonds is 7. The molecule has 0 atom stereocenters. The van der Waals surface area contributed by atoms with Crippen LogP contribution in [0.4, 0.5) is 11.4 Å². The van der Waals surface area contributed by atoms with Crippen LogP contribution in [0, 0.1) is 0 Å². The highest BCUT2D eigenvalue weighted by molar-refractivity contribution is 6.02. The molecule has 2 N–H and O–H groups in total. The van der Waals surface area contributed by atoms with Gasteiger partial charge in [-0.2, -0.15) is 0 Å². The Morgan fingerprint density at radius 1 is 0.853 bits per heavy atom. The Labute approximate surface area is 200 Å². The molecule has 1 aliphatic rings. The van der Waals surface area contributed by atoms with E-state index < -0.39 is 0 Å². The number of hydrogen-bond donors (Lipinski definition) is 2. The van der Waals surface area contributed by atoms with E-state index in [-0.39, 0.29) is 11.8 Å². The first-order chi connectivity index (χ1) is 16.6. The van der Waals surface area contributed by atoms with E-state index in [9.17, 15) is 9.59 Å². The van der Waals surface area contributed by atoms with Gasteiger partial charge in [0.15, 0.2) is 0 Å². The maximum Gasteiger partial charge on any atom is 0.251 e. The molecule has 6 heteroatoms. The molecule has 1 aliphatic heterocycles. The summed E-state index contributed by atoms with van der Waals surface area (Å²) in [6.45, 7) is 5.02. The van der Waals surface area contributed by atoms with Crippen molar-refractivity contribution < 1.29 is 9.59 Å². The molecule has 0 unspecified atom stereocenters. The van der Waals surface area contributed by atoms with Crippen molar-refractivity contribution in [2.75, 3.05) is 43.4 Å². The maximum atomic E-state index is 12.3. The number of amides is 2. The van der Waals surface area contributed by atoms with Crippen molar-refractivity contribution in [2.45, 2.75) is 6.54 Å². The number of anilines is 2. The Kier molecular flexibility index (Phi) is 7.73. The highest BCUT2D eigenvalue weighted by Gasteiger charge is 2.17. The number of nitrogens with one attached hydrogen (secondary N) is 2. The number of benzene rings is 3. The van der Waals surface area contributed by atoms with Gasteiger partial charge in [0.25, 0.3) is 5.91 Å². The quantitative estimate of drug-likeness (QED) is 0.530. The van der Waals surface area contributed by atoms with Gasteiger partial charge in [0, 0.05) is 62.8 Å². The summed E-state index contributed by atoms with van der Waals surface area (Å²) < 4.78 is 0. The van der Waals surface area contributed by atoms with Crippen molar-refractivity contribution in [3.05, 3.63) is 102 Å². The molecule has 34 heavy (non-hydrogen) atoms. The van der Waals surface area contributed by atoms with E-state index in [1.54, 1.807) is 25.3 Å². The number of nitrogens with zero attached hydrogens (tertiary/aromatic N) is 2. The van der Waals surface area contributed by atoms with Crippen LogP contribution in [0.1, 0.15) is 21.5 Å². The Hall–Kier alpha value is -3.90. The Morgan fingerprint density at radius 3 is 2.18 bits per heavy atom. The average molecular weight is 455 g/mol. The summed E-state index contributed by atoms with van der Waals surface area (Å²) in [7, 11) is 1.60. The van der Waals surface area contributed by atoms with Crippen molar-refractivity contribution in [2.24, 2.45) is 0 Å². The molecule has 1 heterocycles. The molecule has 0 bridgehead atoms. The Morgan fingerprint density at radius 2 is 1.53 bits per heavy atom. The maximum absolute atomic E-state index is 12.3. The van der Waals surface area contributed by atoms with Gasteiger partial charge in [0.2, 0.25) is 5.91 Å². The molecule has 174 valence electrons. The van der Waals surface area contributed by atoms with Crippen LogP contribution in [-0.4, -0.2) is 49.9 Å². The van der Waals surface area contributed by atoms with Gasteiger partial charge < -0.3 is 15.5 Å². The highest BCUT2D eigenvalue weighted by atomic mass is 16.2. The lowest BCUT2D eigenvalue weighted by molar-refractivity contribution is -0.111. The molecule has 4 rings (SSSR count). The van der Waals surface area contributed by atoms with Crippen molar-refractivity contribution in [1.82, 2.24) is 10.2 Å². The van der Waals surface area contributed by atoms with Crippen LogP contribution in [0.5, 0.6) is 0 Å². The number of carbonyl (C=O) groups is 2. The molecule has 1 fully saturated rings. The van der Waals surface area contributed by atoms with Crippen LogP contribution < -0.4 is 15.5 Å². The van der Waals surface area contributed by atoms with Gasteiger partial charge in [-0.1, -0.05) is 42.5 Å². The first-order valence-corrected chi connectivity index (χ1v) is 11.5. The summed E-state index contributed by atoms with van der Waals surface area (Å²) >= 11 is 0. The Bertz CT molecular complexity index is 1120. The molecule has 0 saturated carbocycles. The van der Waals surface area contributed by atoms with E-state index in [4.69, 9.17) is 0 Å². The normalized spacial score (nSPS) is 14.2. The average Bonchev–Trinajstić information content (AvgIpc) is 2.89. The number of piperazine rings is 1. The zero-order valence-electron chi connectivity index (χ0n) is 19.4. The van der Waals surface area contributed by atoms with E-state index in [2.05, 4.69) is 62.9 Å². The third-order valence-corrected chi connectivity index (χ3v) is 5.95. The minimum atomic E-state index is -0.197. The van der Waals surface area contributed by atoms with E-state index in [1.807, 2.05) is 24.3 Å². The zero-order chi connectivity index (χ0) is 23.8. The van der Waals surface area contributed by atoms with Crippen LogP contribution in [0.2, 0.25) is 0 Å². The van der Waals surface area contributed by atoms with Gasteiger partial charge in [-0.05, 0) is 53.6 Å². The van der Waals surface area contributed by atoms with E-state index in [0.717, 1.165) is 44.0 Å². The van der Waals surface area contributed by atoms with Crippen LogP contribution in [0.3, 0.4) is 0 Å². The van der Waals surface area contributed by atoms with Crippen LogP contribution in [-0.2, 0) is 11.3 Å². The van der Waals surface area contributed by atoms with Crippen molar-refractivity contribution in [3.8, 4) is 0 Å². The summed E-state index contributed by atoms with van der Waals surface area (Å²) in [6.07, 6.45) is 3.22. The van der Waals surface area contributed by atoms with Gasteiger partial charge in [0.05, 0.1) is 0 Å². The minimum Gasteiger partial charge on any atom is -0.369 e. The lowest BCUT2D eigenvalue weighted by Gasteiger charge is -2.36. The summed E-state index contributed by atoms with van der Waals surface area (Å²) in [6, 6.07) is 25.7. The lowest BCUT2D eigenvalue weighted by atomic mass is 10.1. The van der Waals surface area contributed by atoms with Gasteiger partial charge >= 0.3 is 0 Å². The lowest BCUT2D eigenvalue weighted by Crippen LogP contribution is -2.45. The number of hydrogen-bond acceptors (Lipinski definition) is 4. The first kappa shape index (κ1) is 23.3. The third-order valence-electron chi connectivity index (χ3n) is 5.95. The molecule has 2 amide bonds. The predicted molar refractivity (Wildman–Crippen MR) is 138 cm³/mol. The van der Waals surface area contributed by atoms with Gasteiger partial charge in [-0.15, -0.1) is 0 Å². The largest absolute Gasteiger partial charge is 0.369 e. The smallest absolute Gasteiger partial charge is 0.251 e. The molecule has 0 aromatic heterocycles. The highest BCUT2D eigenvalue weighted by Crippen LogP contribution is 2.20. The second-order valence-corrected chi connectivity index (χ2v) is 8.32. The predicted octanol–water partition coefficient (Wildman–Crippen LogP) is 4.02. The van der Waals surface area contributed by atoms with Crippen molar-refractivity contribution in [1.29, 1.82) is 0 Å². The molecule has 1 saturated heterocycles. The fraction of sp³-hybridized carbons (Fsp3) is 0.214. The minimum absolute atomic E-state index is 0.134. The molecular formula is C28H30N4O2.